The minimum Gasteiger partial charge on any atom is -0.340 e. The van der Waals surface area contributed by atoms with Crippen molar-refractivity contribution in [1.82, 2.24) is 10.2 Å². The van der Waals surface area contributed by atoms with Crippen molar-refractivity contribution in [3.63, 3.8) is 0 Å². The van der Waals surface area contributed by atoms with Gasteiger partial charge in [-0.15, -0.1) is 0 Å². The molecule has 0 unspecified atom stereocenters. The second-order valence-corrected chi connectivity index (χ2v) is 6.63. The van der Waals surface area contributed by atoms with Crippen LogP contribution in [0.15, 0.2) is 41.1 Å². The predicted molar refractivity (Wildman–Crippen MR) is 91.4 cm³/mol. The fourth-order valence-corrected chi connectivity index (χ4v) is 3.69. The molecule has 1 aliphatic heterocycles. The number of carbonyl (C=O) groups is 2. The molecule has 0 aliphatic carbocycles. The summed E-state index contributed by atoms with van der Waals surface area (Å²) < 4.78 is 0. The summed E-state index contributed by atoms with van der Waals surface area (Å²) in [5.41, 5.74) is 2.74. The summed E-state index contributed by atoms with van der Waals surface area (Å²) in [6.45, 7) is 3.26. The highest BCUT2D eigenvalue weighted by atomic mass is 32.1. The van der Waals surface area contributed by atoms with Crippen LogP contribution in [0.4, 0.5) is 0 Å². The average Bonchev–Trinajstić information content (AvgIpc) is 2.98. The number of nitrogens with zero attached hydrogens (tertiary/aromatic N) is 1. The van der Waals surface area contributed by atoms with Gasteiger partial charge in [-0.3, -0.25) is 9.59 Å². The van der Waals surface area contributed by atoms with E-state index in [-0.39, 0.29) is 11.8 Å². The molecule has 1 aromatic carbocycles. The number of carbonyl (C=O) groups excluding carboxylic acids is 2. The molecule has 1 saturated heterocycles. The molecule has 1 aromatic heterocycles. The van der Waals surface area contributed by atoms with Gasteiger partial charge in [-0.05, 0) is 36.3 Å². The Kier molecular flexibility index (Phi) is 4.76. The Labute approximate surface area is 140 Å². The van der Waals surface area contributed by atoms with E-state index in [2.05, 4.69) is 5.32 Å². The number of likely N-dealkylation sites (tertiary alicyclic amines) is 1. The van der Waals surface area contributed by atoms with Crippen molar-refractivity contribution in [2.45, 2.75) is 32.4 Å². The quantitative estimate of drug-likeness (QED) is 0.938. The maximum atomic E-state index is 12.6. The summed E-state index contributed by atoms with van der Waals surface area (Å²) >= 11 is 1.50. The molecular formula is C18H20N2O2S. The van der Waals surface area contributed by atoms with Gasteiger partial charge in [-0.25, -0.2) is 0 Å². The molecule has 0 saturated carbocycles. The third-order valence-corrected chi connectivity index (χ3v) is 5.01. The van der Waals surface area contributed by atoms with E-state index < -0.39 is 6.04 Å². The van der Waals surface area contributed by atoms with E-state index in [0.29, 0.717) is 18.5 Å². The smallest absolute Gasteiger partial charge is 0.253 e. The van der Waals surface area contributed by atoms with E-state index in [1.54, 1.807) is 0 Å². The maximum absolute atomic E-state index is 12.6. The molecule has 2 amide bonds. The molecular weight excluding hydrogens is 308 g/mol. The largest absolute Gasteiger partial charge is 0.340 e. The summed E-state index contributed by atoms with van der Waals surface area (Å²) in [7, 11) is 0. The normalized spacial score (nSPS) is 18.0. The molecule has 2 aromatic rings. The van der Waals surface area contributed by atoms with Gasteiger partial charge in [-0.1, -0.05) is 30.3 Å². The van der Waals surface area contributed by atoms with Crippen molar-refractivity contribution in [2.24, 2.45) is 0 Å². The lowest BCUT2D eigenvalue weighted by atomic mass is 10.0. The Hall–Kier alpha value is -2.14. The van der Waals surface area contributed by atoms with Crippen molar-refractivity contribution < 1.29 is 9.59 Å². The van der Waals surface area contributed by atoms with E-state index in [1.807, 2.05) is 52.9 Å². The van der Waals surface area contributed by atoms with Gasteiger partial charge in [0.1, 0.15) is 6.04 Å². The van der Waals surface area contributed by atoms with Crippen molar-refractivity contribution in [3.05, 3.63) is 57.8 Å². The lowest BCUT2D eigenvalue weighted by Crippen LogP contribution is -2.51. The number of piperidine rings is 1. The summed E-state index contributed by atoms with van der Waals surface area (Å²) in [6.07, 6.45) is 1.62. The molecule has 1 fully saturated rings. The van der Waals surface area contributed by atoms with E-state index in [1.165, 1.54) is 11.3 Å². The van der Waals surface area contributed by atoms with Crippen molar-refractivity contribution in [3.8, 4) is 0 Å². The number of nitrogens with one attached hydrogen (secondary N) is 1. The first-order valence-corrected chi connectivity index (χ1v) is 8.76. The third-order valence-electron chi connectivity index (χ3n) is 4.15. The Morgan fingerprint density at radius 3 is 2.78 bits per heavy atom. The Bertz CT molecular complexity index is 696. The molecule has 0 spiro atoms. The van der Waals surface area contributed by atoms with Crippen LogP contribution in [0.2, 0.25) is 0 Å². The van der Waals surface area contributed by atoms with Gasteiger partial charge >= 0.3 is 0 Å². The highest BCUT2D eigenvalue weighted by molar-refractivity contribution is 7.08. The molecule has 1 atom stereocenters. The number of hydrogen-bond donors (Lipinski definition) is 1. The van der Waals surface area contributed by atoms with E-state index in [4.69, 9.17) is 0 Å². The monoisotopic (exact) mass is 328 g/mol. The Morgan fingerprint density at radius 2 is 2.09 bits per heavy atom. The van der Waals surface area contributed by atoms with E-state index in [0.717, 1.165) is 24.1 Å². The minimum absolute atomic E-state index is 0.0151. The topological polar surface area (TPSA) is 49.4 Å². The van der Waals surface area contributed by atoms with Gasteiger partial charge in [0, 0.05) is 18.5 Å². The van der Waals surface area contributed by atoms with Crippen molar-refractivity contribution in [1.29, 1.82) is 0 Å². The fraction of sp³-hybridized carbons (Fsp3) is 0.333. The second-order valence-electron chi connectivity index (χ2n) is 5.88. The molecule has 1 N–H and O–H groups in total. The van der Waals surface area contributed by atoms with Crippen LogP contribution in [-0.2, 0) is 11.3 Å². The number of aryl methyl sites for hydroxylation is 1. The third kappa shape index (κ3) is 3.62. The van der Waals surface area contributed by atoms with Crippen LogP contribution in [-0.4, -0.2) is 29.3 Å². The van der Waals surface area contributed by atoms with Crippen LogP contribution in [0.5, 0.6) is 0 Å². The first-order chi connectivity index (χ1) is 11.1. The van der Waals surface area contributed by atoms with Crippen LogP contribution in [0, 0.1) is 6.92 Å². The van der Waals surface area contributed by atoms with Gasteiger partial charge in [-0.2, -0.15) is 11.3 Å². The standard InChI is InChI=1S/C18H20N2O2S/c1-13-11-23-12-15(13)17(21)19-16-8-5-9-20(18(16)22)10-14-6-3-2-4-7-14/h2-4,6-7,11-12,16H,5,8-10H2,1H3,(H,19,21)/t16-/m0/s1. The zero-order valence-electron chi connectivity index (χ0n) is 13.1. The zero-order valence-corrected chi connectivity index (χ0v) is 13.9. The minimum atomic E-state index is -0.417. The van der Waals surface area contributed by atoms with Crippen LogP contribution in [0.3, 0.4) is 0 Å². The summed E-state index contributed by atoms with van der Waals surface area (Å²) in [6, 6.07) is 9.53. The van der Waals surface area contributed by atoms with Gasteiger partial charge in [0.15, 0.2) is 0 Å². The van der Waals surface area contributed by atoms with Crippen molar-refractivity contribution in [2.75, 3.05) is 6.54 Å². The molecule has 120 valence electrons. The van der Waals surface area contributed by atoms with E-state index >= 15 is 0 Å². The van der Waals surface area contributed by atoms with E-state index in [9.17, 15) is 9.59 Å². The zero-order chi connectivity index (χ0) is 16.2. The number of amides is 2. The summed E-state index contributed by atoms with van der Waals surface area (Å²) in [5, 5.41) is 6.68. The maximum Gasteiger partial charge on any atom is 0.253 e. The van der Waals surface area contributed by atoms with Gasteiger partial charge in [0.2, 0.25) is 5.91 Å². The SMILES string of the molecule is Cc1cscc1C(=O)N[C@H]1CCCN(Cc2ccccc2)C1=O. The number of rotatable bonds is 4. The van der Waals surface area contributed by atoms with Crippen LogP contribution in [0.1, 0.15) is 34.3 Å². The number of hydrogen-bond acceptors (Lipinski definition) is 3. The van der Waals surface area contributed by atoms with Gasteiger partial charge in [0.25, 0.3) is 5.91 Å². The average molecular weight is 328 g/mol. The molecule has 2 heterocycles. The summed E-state index contributed by atoms with van der Waals surface area (Å²) in [4.78, 5) is 26.8. The highest BCUT2D eigenvalue weighted by Gasteiger charge is 2.30. The Morgan fingerprint density at radius 1 is 1.30 bits per heavy atom. The van der Waals surface area contributed by atoms with Crippen molar-refractivity contribution >= 4 is 23.2 Å². The lowest BCUT2D eigenvalue weighted by Gasteiger charge is -2.32. The fourth-order valence-electron chi connectivity index (χ4n) is 2.86. The molecule has 3 rings (SSSR count). The summed E-state index contributed by atoms with van der Waals surface area (Å²) in [5.74, 6) is -0.134. The molecule has 0 bridgehead atoms. The first kappa shape index (κ1) is 15.7. The number of thiophene rings is 1. The van der Waals surface area contributed by atoms with Gasteiger partial charge in [0.05, 0.1) is 5.56 Å². The molecule has 1 aliphatic rings. The number of benzene rings is 1. The van der Waals surface area contributed by atoms with Crippen LogP contribution in [0.25, 0.3) is 0 Å². The molecule has 23 heavy (non-hydrogen) atoms. The second kappa shape index (κ2) is 6.96. The molecule has 4 nitrogen and oxygen atoms in total. The first-order valence-electron chi connectivity index (χ1n) is 7.81. The molecule has 0 radical (unpaired) electrons. The Balaban J connectivity index is 1.65. The van der Waals surface area contributed by atoms with Gasteiger partial charge < -0.3 is 10.2 Å². The van der Waals surface area contributed by atoms with Crippen LogP contribution >= 0.6 is 11.3 Å². The highest BCUT2D eigenvalue weighted by Crippen LogP contribution is 2.18. The predicted octanol–water partition coefficient (Wildman–Crippen LogP) is 2.98. The van der Waals surface area contributed by atoms with Crippen LogP contribution < -0.4 is 5.32 Å². The molecule has 5 heteroatoms. The lowest BCUT2D eigenvalue weighted by molar-refractivity contribution is -0.136.